The molecular formula is C18H27N3O4S. The first-order valence-electron chi connectivity index (χ1n) is 9.12. The molecule has 2 aliphatic heterocycles. The molecule has 2 fully saturated rings. The fourth-order valence-electron chi connectivity index (χ4n) is 3.61. The summed E-state index contributed by atoms with van der Waals surface area (Å²) in [6, 6.07) is 6.27. The topological polar surface area (TPSA) is 92.9 Å². The smallest absolute Gasteiger partial charge is 0.254 e. The third kappa shape index (κ3) is 3.93. The van der Waals surface area contributed by atoms with E-state index in [9.17, 15) is 13.2 Å². The molecule has 2 unspecified atom stereocenters. The number of morpholine rings is 1. The first-order chi connectivity index (χ1) is 12.4. The number of likely N-dealkylation sites (tertiary alicyclic amines) is 1. The number of piperidine rings is 1. The van der Waals surface area contributed by atoms with Gasteiger partial charge in [-0.25, -0.2) is 8.42 Å². The predicted molar refractivity (Wildman–Crippen MR) is 98.3 cm³/mol. The van der Waals surface area contributed by atoms with Crippen LogP contribution in [0.4, 0.5) is 0 Å². The van der Waals surface area contributed by atoms with Gasteiger partial charge in [0.25, 0.3) is 5.91 Å². The van der Waals surface area contributed by atoms with Gasteiger partial charge in [-0.1, -0.05) is 6.92 Å². The predicted octanol–water partition coefficient (Wildman–Crippen LogP) is 0.907. The molecule has 1 aromatic carbocycles. The Bertz CT molecular complexity index is 729. The third-order valence-electron chi connectivity index (χ3n) is 5.22. The second-order valence-corrected chi connectivity index (χ2v) is 9.00. The number of sulfonamides is 1. The highest BCUT2D eigenvalue weighted by atomic mass is 32.2. The first-order valence-corrected chi connectivity index (χ1v) is 10.6. The van der Waals surface area contributed by atoms with Crippen molar-refractivity contribution in [2.24, 2.45) is 11.7 Å². The van der Waals surface area contributed by atoms with Gasteiger partial charge in [0, 0.05) is 37.8 Å². The maximum Gasteiger partial charge on any atom is 0.254 e. The molecule has 0 spiro atoms. The van der Waals surface area contributed by atoms with Gasteiger partial charge in [0.2, 0.25) is 10.0 Å². The van der Waals surface area contributed by atoms with E-state index in [1.807, 2.05) is 4.90 Å². The summed E-state index contributed by atoms with van der Waals surface area (Å²) in [5.41, 5.74) is 6.35. The van der Waals surface area contributed by atoms with Crippen LogP contribution >= 0.6 is 0 Å². The zero-order valence-corrected chi connectivity index (χ0v) is 16.0. The Balaban J connectivity index is 1.75. The second-order valence-electron chi connectivity index (χ2n) is 7.06. The number of benzene rings is 1. The zero-order chi connectivity index (χ0) is 18.7. The quantitative estimate of drug-likeness (QED) is 0.837. The van der Waals surface area contributed by atoms with Crippen LogP contribution in [0.15, 0.2) is 29.2 Å². The van der Waals surface area contributed by atoms with Crippen molar-refractivity contribution in [2.45, 2.75) is 30.7 Å². The summed E-state index contributed by atoms with van der Waals surface area (Å²) < 4.78 is 32.0. The van der Waals surface area contributed by atoms with Gasteiger partial charge in [0.1, 0.15) is 0 Å². The van der Waals surface area contributed by atoms with E-state index < -0.39 is 10.0 Å². The fraction of sp³-hybridized carbons (Fsp3) is 0.611. The summed E-state index contributed by atoms with van der Waals surface area (Å²) in [6.07, 6.45) is 1.87. The van der Waals surface area contributed by atoms with Gasteiger partial charge in [-0.2, -0.15) is 4.31 Å². The van der Waals surface area contributed by atoms with Gasteiger partial charge in [0.05, 0.1) is 18.1 Å². The molecule has 0 aliphatic carbocycles. The number of amides is 1. The standard InChI is InChI=1S/C18H27N3O4S/c1-14-6-7-21(16(12-14)13-19)18(22)15-2-4-17(5-3-15)26(23,24)20-8-10-25-11-9-20/h2-5,14,16H,6-13,19H2,1H3. The highest BCUT2D eigenvalue weighted by Gasteiger charge is 2.30. The molecule has 144 valence electrons. The van der Waals surface area contributed by atoms with Crippen LogP contribution in [0.1, 0.15) is 30.1 Å². The molecule has 1 amide bonds. The van der Waals surface area contributed by atoms with Crippen LogP contribution < -0.4 is 5.73 Å². The molecular weight excluding hydrogens is 354 g/mol. The van der Waals surface area contributed by atoms with E-state index in [0.717, 1.165) is 12.8 Å². The zero-order valence-electron chi connectivity index (χ0n) is 15.1. The maximum absolute atomic E-state index is 12.8. The maximum atomic E-state index is 12.8. The van der Waals surface area contributed by atoms with Gasteiger partial charge in [0.15, 0.2) is 0 Å². The van der Waals surface area contributed by atoms with Crippen molar-refractivity contribution in [3.8, 4) is 0 Å². The second kappa shape index (κ2) is 8.04. The molecule has 2 atom stereocenters. The lowest BCUT2D eigenvalue weighted by Gasteiger charge is -2.38. The molecule has 8 heteroatoms. The normalized spacial score (nSPS) is 25.2. The van der Waals surface area contributed by atoms with Gasteiger partial charge < -0.3 is 15.4 Å². The Morgan fingerprint density at radius 1 is 1.19 bits per heavy atom. The van der Waals surface area contributed by atoms with Crippen molar-refractivity contribution in [3.63, 3.8) is 0 Å². The van der Waals surface area contributed by atoms with Crippen molar-refractivity contribution < 1.29 is 17.9 Å². The average molecular weight is 381 g/mol. The molecule has 2 heterocycles. The molecule has 3 rings (SSSR count). The van der Waals surface area contributed by atoms with Crippen LogP contribution in [-0.2, 0) is 14.8 Å². The van der Waals surface area contributed by atoms with E-state index in [1.54, 1.807) is 12.1 Å². The molecule has 26 heavy (non-hydrogen) atoms. The van der Waals surface area contributed by atoms with Crippen molar-refractivity contribution in [3.05, 3.63) is 29.8 Å². The van der Waals surface area contributed by atoms with Crippen molar-refractivity contribution in [1.82, 2.24) is 9.21 Å². The number of ether oxygens (including phenoxy) is 1. The number of carbonyl (C=O) groups is 1. The van der Waals surface area contributed by atoms with Crippen LogP contribution in [-0.4, -0.2) is 69.0 Å². The Morgan fingerprint density at radius 3 is 2.46 bits per heavy atom. The molecule has 0 radical (unpaired) electrons. The molecule has 2 aliphatic rings. The molecule has 0 saturated carbocycles. The molecule has 0 aromatic heterocycles. The van der Waals surface area contributed by atoms with Crippen molar-refractivity contribution in [2.75, 3.05) is 39.4 Å². The third-order valence-corrected chi connectivity index (χ3v) is 7.13. The lowest BCUT2D eigenvalue weighted by atomic mass is 9.92. The van der Waals surface area contributed by atoms with Crippen LogP contribution in [0.5, 0.6) is 0 Å². The largest absolute Gasteiger partial charge is 0.379 e. The first kappa shape index (κ1) is 19.3. The van der Waals surface area contributed by atoms with Crippen molar-refractivity contribution in [1.29, 1.82) is 0 Å². The number of rotatable bonds is 4. The minimum absolute atomic E-state index is 0.0445. The average Bonchev–Trinajstić information content (AvgIpc) is 2.68. The van der Waals surface area contributed by atoms with Gasteiger partial charge >= 0.3 is 0 Å². The lowest BCUT2D eigenvalue weighted by Crippen LogP contribution is -2.49. The Kier molecular flexibility index (Phi) is 5.96. The highest BCUT2D eigenvalue weighted by Crippen LogP contribution is 2.24. The van der Waals surface area contributed by atoms with E-state index in [-0.39, 0.29) is 16.8 Å². The van der Waals surface area contributed by atoms with Gasteiger partial charge in [-0.05, 0) is 43.0 Å². The van der Waals surface area contributed by atoms with Crippen LogP contribution in [0.3, 0.4) is 0 Å². The van der Waals surface area contributed by atoms with E-state index in [0.29, 0.717) is 50.9 Å². The van der Waals surface area contributed by atoms with E-state index in [4.69, 9.17) is 10.5 Å². The lowest BCUT2D eigenvalue weighted by molar-refractivity contribution is 0.0573. The highest BCUT2D eigenvalue weighted by molar-refractivity contribution is 7.89. The van der Waals surface area contributed by atoms with Crippen LogP contribution in [0.25, 0.3) is 0 Å². The number of carbonyl (C=O) groups excluding carboxylic acids is 1. The minimum atomic E-state index is -3.54. The number of hydrogen-bond acceptors (Lipinski definition) is 5. The molecule has 2 N–H and O–H groups in total. The molecule has 1 aromatic rings. The molecule has 2 saturated heterocycles. The number of hydrogen-bond donors (Lipinski definition) is 1. The Labute approximate surface area is 155 Å². The van der Waals surface area contributed by atoms with Gasteiger partial charge in [-0.15, -0.1) is 0 Å². The summed E-state index contributed by atoms with van der Waals surface area (Å²) >= 11 is 0. The Morgan fingerprint density at radius 2 is 1.85 bits per heavy atom. The summed E-state index contributed by atoms with van der Waals surface area (Å²) in [4.78, 5) is 14.9. The summed E-state index contributed by atoms with van der Waals surface area (Å²) in [7, 11) is -3.54. The SMILES string of the molecule is CC1CCN(C(=O)c2ccc(S(=O)(=O)N3CCOCC3)cc2)C(CN)C1. The van der Waals surface area contributed by atoms with Crippen LogP contribution in [0.2, 0.25) is 0 Å². The van der Waals surface area contributed by atoms with E-state index >= 15 is 0 Å². The Hall–Kier alpha value is -1.48. The summed E-state index contributed by atoms with van der Waals surface area (Å²) in [6.45, 7) is 4.83. The fourth-order valence-corrected chi connectivity index (χ4v) is 5.02. The van der Waals surface area contributed by atoms with Gasteiger partial charge in [-0.3, -0.25) is 4.79 Å². The minimum Gasteiger partial charge on any atom is -0.379 e. The van der Waals surface area contributed by atoms with Crippen LogP contribution in [0, 0.1) is 5.92 Å². The monoisotopic (exact) mass is 381 g/mol. The number of nitrogens with zero attached hydrogens (tertiary/aromatic N) is 2. The number of nitrogens with two attached hydrogens (primary N) is 1. The van der Waals surface area contributed by atoms with E-state index in [2.05, 4.69) is 6.92 Å². The summed E-state index contributed by atoms with van der Waals surface area (Å²) in [5, 5.41) is 0. The van der Waals surface area contributed by atoms with Crippen molar-refractivity contribution >= 4 is 15.9 Å². The van der Waals surface area contributed by atoms with E-state index in [1.165, 1.54) is 16.4 Å². The molecule has 0 bridgehead atoms. The summed E-state index contributed by atoms with van der Waals surface area (Å²) in [5.74, 6) is 0.483. The molecule has 7 nitrogen and oxygen atoms in total.